The lowest BCUT2D eigenvalue weighted by Gasteiger charge is -2.39. The molecule has 4 atom stereocenters. The molecule has 0 unspecified atom stereocenters. The lowest BCUT2D eigenvalue weighted by atomic mass is 9.63. The Morgan fingerprint density at radius 3 is 2.30 bits per heavy atom. The summed E-state index contributed by atoms with van der Waals surface area (Å²) in [4.78, 5) is 12.5. The molecule has 4 rings (SSSR count). The maximum absolute atomic E-state index is 12.5. The zero-order chi connectivity index (χ0) is 32.3. The van der Waals surface area contributed by atoms with E-state index in [2.05, 4.69) is 110 Å². The van der Waals surface area contributed by atoms with E-state index in [1.54, 1.807) is 0 Å². The number of aliphatic hydroxyl groups is 1. The number of aliphatic hydroxyl groups excluding tert-OH is 1. The van der Waals surface area contributed by atoms with Crippen LogP contribution in [0, 0.1) is 16.7 Å². The van der Waals surface area contributed by atoms with Gasteiger partial charge in [-0.2, -0.15) is 0 Å². The summed E-state index contributed by atoms with van der Waals surface area (Å²) in [7, 11) is 0. The Morgan fingerprint density at radius 2 is 1.61 bits per heavy atom. The fourth-order valence-electron chi connectivity index (χ4n) is 7.32. The quantitative estimate of drug-likeness (QED) is 0.155. The fourth-order valence-corrected chi connectivity index (χ4v) is 7.32. The van der Waals surface area contributed by atoms with Crippen molar-refractivity contribution in [3.05, 3.63) is 119 Å². The van der Waals surface area contributed by atoms with E-state index in [4.69, 9.17) is 9.47 Å². The highest BCUT2D eigenvalue weighted by Gasteiger charge is 2.74. The molecule has 0 spiro atoms. The molecule has 0 bridgehead atoms. The number of fused-ring (bicyclic) bond motifs is 1. The first-order valence-electron chi connectivity index (χ1n) is 16.0. The molecule has 0 amide bonds. The first kappa shape index (κ1) is 33.7. The maximum atomic E-state index is 12.5. The van der Waals surface area contributed by atoms with E-state index in [-0.39, 0.29) is 34.1 Å². The zero-order valence-electron chi connectivity index (χ0n) is 28.2. The smallest absolute Gasteiger partial charge is 0.339 e. The van der Waals surface area contributed by atoms with E-state index < -0.39 is 0 Å². The molecule has 2 heterocycles. The molecule has 236 valence electrons. The van der Waals surface area contributed by atoms with Crippen molar-refractivity contribution in [3.8, 4) is 0 Å². The van der Waals surface area contributed by atoms with Crippen molar-refractivity contribution in [2.75, 3.05) is 0 Å². The second-order valence-corrected chi connectivity index (χ2v) is 14.6. The molecule has 2 fully saturated rings. The van der Waals surface area contributed by atoms with Crippen molar-refractivity contribution in [1.29, 1.82) is 0 Å². The van der Waals surface area contributed by atoms with E-state index >= 15 is 0 Å². The second kappa shape index (κ2) is 13.0. The van der Waals surface area contributed by atoms with Crippen molar-refractivity contribution >= 4 is 5.97 Å². The molecule has 1 saturated carbocycles. The Bertz CT molecular complexity index is 1450. The molecule has 2 aliphatic heterocycles. The SMILES string of the molecule is CC1=CC=CC(C)(C)[C@H]1CCC1=C/C(=C/C(C)=C/C=C/C=C(C)/C=C/C=C(C)/C=C/[C@@]23O[C@]2(C)C[C@@H](O)CC3(C)C)OC1=O. The Kier molecular flexibility index (Phi) is 9.97. The summed E-state index contributed by atoms with van der Waals surface area (Å²) in [6.45, 7) is 19.4. The summed E-state index contributed by atoms with van der Waals surface area (Å²) in [6.07, 6.45) is 31.8. The molecule has 4 aliphatic rings. The van der Waals surface area contributed by atoms with E-state index in [1.807, 2.05) is 37.3 Å². The Labute approximate surface area is 265 Å². The Morgan fingerprint density at radius 1 is 0.955 bits per heavy atom. The van der Waals surface area contributed by atoms with Crippen LogP contribution in [0.15, 0.2) is 119 Å². The highest BCUT2D eigenvalue weighted by Crippen LogP contribution is 2.66. The third-order valence-corrected chi connectivity index (χ3v) is 9.83. The lowest BCUT2D eigenvalue weighted by molar-refractivity contribution is -0.133. The van der Waals surface area contributed by atoms with Crippen LogP contribution in [0.5, 0.6) is 0 Å². The number of hydrogen-bond donors (Lipinski definition) is 1. The minimum absolute atomic E-state index is 0.0921. The van der Waals surface area contributed by atoms with Gasteiger partial charge in [-0.05, 0) is 89.0 Å². The number of epoxide rings is 1. The van der Waals surface area contributed by atoms with Crippen LogP contribution >= 0.6 is 0 Å². The topological polar surface area (TPSA) is 59.1 Å². The summed E-state index contributed by atoms with van der Waals surface area (Å²) in [5, 5.41) is 10.3. The summed E-state index contributed by atoms with van der Waals surface area (Å²) in [5.41, 5.74) is 4.81. The molecular weight excluding hydrogens is 544 g/mol. The third kappa shape index (κ3) is 7.53. The summed E-state index contributed by atoms with van der Waals surface area (Å²) >= 11 is 0. The fraction of sp³-hybridized carbons (Fsp3) is 0.475. The van der Waals surface area contributed by atoms with Gasteiger partial charge >= 0.3 is 5.97 Å². The number of ether oxygens (including phenoxy) is 2. The van der Waals surface area contributed by atoms with E-state index in [1.165, 1.54) is 5.57 Å². The van der Waals surface area contributed by atoms with Gasteiger partial charge in [0.2, 0.25) is 0 Å². The van der Waals surface area contributed by atoms with Crippen LogP contribution in [0.4, 0.5) is 0 Å². The minimum Gasteiger partial charge on any atom is -0.423 e. The number of esters is 1. The molecule has 0 radical (unpaired) electrons. The third-order valence-electron chi connectivity index (χ3n) is 9.83. The van der Waals surface area contributed by atoms with Gasteiger partial charge in [0.1, 0.15) is 17.0 Å². The first-order chi connectivity index (χ1) is 20.6. The van der Waals surface area contributed by atoms with Crippen molar-refractivity contribution < 1.29 is 19.4 Å². The number of rotatable bonds is 10. The van der Waals surface area contributed by atoms with Gasteiger partial charge in [-0.1, -0.05) is 111 Å². The normalized spacial score (nSPS) is 32.9. The highest BCUT2D eigenvalue weighted by atomic mass is 16.6. The van der Waals surface area contributed by atoms with Crippen LogP contribution in [0.25, 0.3) is 0 Å². The molecule has 1 saturated heterocycles. The van der Waals surface area contributed by atoms with Gasteiger partial charge in [0.05, 0.1) is 6.10 Å². The Balaban J connectivity index is 1.28. The van der Waals surface area contributed by atoms with Gasteiger partial charge in [-0.15, -0.1) is 0 Å². The summed E-state index contributed by atoms with van der Waals surface area (Å²) < 4.78 is 11.8. The number of allylic oxidation sites excluding steroid dienone is 17. The average Bonchev–Trinajstić information content (AvgIpc) is 3.39. The second-order valence-electron chi connectivity index (χ2n) is 14.6. The van der Waals surface area contributed by atoms with Gasteiger partial charge in [-0.3, -0.25) is 0 Å². The van der Waals surface area contributed by atoms with Gasteiger partial charge in [-0.25, -0.2) is 4.79 Å². The molecule has 4 heteroatoms. The molecule has 4 nitrogen and oxygen atoms in total. The predicted octanol–water partition coefficient (Wildman–Crippen LogP) is 9.51. The molecule has 0 aromatic carbocycles. The summed E-state index contributed by atoms with van der Waals surface area (Å²) in [5.74, 6) is 0.797. The van der Waals surface area contributed by atoms with Crippen molar-refractivity contribution in [2.24, 2.45) is 16.7 Å². The highest BCUT2D eigenvalue weighted by molar-refractivity contribution is 5.92. The van der Waals surface area contributed by atoms with E-state index in [0.717, 1.165) is 35.1 Å². The van der Waals surface area contributed by atoms with Crippen molar-refractivity contribution in [3.63, 3.8) is 0 Å². The van der Waals surface area contributed by atoms with Gasteiger partial charge < -0.3 is 14.6 Å². The number of carbonyl (C=O) groups excluding carboxylic acids is 1. The predicted molar refractivity (Wildman–Crippen MR) is 182 cm³/mol. The van der Waals surface area contributed by atoms with Gasteiger partial charge in [0.15, 0.2) is 0 Å². The van der Waals surface area contributed by atoms with Crippen molar-refractivity contribution in [1.82, 2.24) is 0 Å². The molecule has 2 aliphatic carbocycles. The average molecular weight is 597 g/mol. The van der Waals surface area contributed by atoms with Crippen LogP contribution < -0.4 is 0 Å². The molecular formula is C40H52O4. The molecule has 44 heavy (non-hydrogen) atoms. The zero-order valence-corrected chi connectivity index (χ0v) is 28.2. The standard InChI is InChI=1S/C40H52O4/c1-28(16-12-17-29(2)21-23-40-38(7,8)26-33(41)27-39(40,9)44-40)14-10-11-15-30(3)24-34-25-32(36(42)43-34)19-20-35-31(4)18-13-22-37(35,5)6/h10-18,21-25,33,35,41H,19-20,26-27H2,1-9H3/b11-10+,16-12+,23-21+,28-14+,29-17+,30-15+,34-24-/t33-,35-,39+,40-/m0/s1. The number of hydrogen-bond acceptors (Lipinski definition) is 4. The lowest BCUT2D eigenvalue weighted by Crippen LogP contribution is -2.46. The Hall–Kier alpha value is -3.21. The van der Waals surface area contributed by atoms with Crippen LogP contribution in [0.2, 0.25) is 0 Å². The van der Waals surface area contributed by atoms with E-state index in [9.17, 15) is 9.90 Å². The number of cyclic esters (lactones) is 1. The minimum atomic E-state index is -0.306. The summed E-state index contributed by atoms with van der Waals surface area (Å²) in [6, 6.07) is 0. The van der Waals surface area contributed by atoms with Crippen LogP contribution in [0.3, 0.4) is 0 Å². The first-order valence-corrected chi connectivity index (χ1v) is 16.0. The number of carbonyl (C=O) groups is 1. The van der Waals surface area contributed by atoms with Crippen LogP contribution in [0.1, 0.15) is 88.0 Å². The van der Waals surface area contributed by atoms with E-state index in [0.29, 0.717) is 24.5 Å². The largest absolute Gasteiger partial charge is 0.423 e. The van der Waals surface area contributed by atoms with Crippen molar-refractivity contribution in [2.45, 2.75) is 105 Å². The van der Waals surface area contributed by atoms with Crippen LogP contribution in [-0.2, 0) is 14.3 Å². The monoisotopic (exact) mass is 596 g/mol. The maximum Gasteiger partial charge on any atom is 0.339 e. The molecule has 0 aromatic heterocycles. The van der Waals surface area contributed by atoms with Crippen LogP contribution in [-0.4, -0.2) is 28.4 Å². The van der Waals surface area contributed by atoms with Gasteiger partial charge in [0.25, 0.3) is 0 Å². The molecule has 1 N–H and O–H groups in total. The van der Waals surface area contributed by atoms with Gasteiger partial charge in [0, 0.05) is 17.4 Å². The molecule has 0 aromatic rings.